The summed E-state index contributed by atoms with van der Waals surface area (Å²) in [5.74, 6) is 0.0746. The van der Waals surface area contributed by atoms with Gasteiger partial charge in [-0.3, -0.25) is 9.69 Å². The number of nitrogens with one attached hydrogen (secondary N) is 2. The molecule has 98 valence electrons. The summed E-state index contributed by atoms with van der Waals surface area (Å²) in [4.78, 5) is 14.1. The first-order valence-electron chi connectivity index (χ1n) is 6.46. The number of anilines is 1. The van der Waals surface area contributed by atoms with Crippen LogP contribution in [0, 0.1) is 13.8 Å². The van der Waals surface area contributed by atoms with Crippen molar-refractivity contribution in [1.29, 1.82) is 0 Å². The monoisotopic (exact) mass is 247 g/mol. The number of hydrogen-bond acceptors (Lipinski definition) is 3. The molecule has 1 aliphatic rings. The summed E-state index contributed by atoms with van der Waals surface area (Å²) < 4.78 is 0. The van der Waals surface area contributed by atoms with E-state index in [-0.39, 0.29) is 5.91 Å². The average Bonchev–Trinajstić information content (AvgIpc) is 2.36. The van der Waals surface area contributed by atoms with E-state index in [0.29, 0.717) is 6.54 Å². The molecular formula is C14H21N3O. The molecule has 1 saturated heterocycles. The average molecular weight is 247 g/mol. The van der Waals surface area contributed by atoms with E-state index in [2.05, 4.69) is 28.5 Å². The summed E-state index contributed by atoms with van der Waals surface area (Å²) >= 11 is 0. The summed E-state index contributed by atoms with van der Waals surface area (Å²) in [6.07, 6.45) is 0. The molecule has 0 aliphatic carbocycles. The van der Waals surface area contributed by atoms with Crippen molar-refractivity contribution in [2.75, 3.05) is 38.0 Å². The van der Waals surface area contributed by atoms with Gasteiger partial charge in [0.05, 0.1) is 6.54 Å². The number of hydrogen-bond donors (Lipinski definition) is 2. The van der Waals surface area contributed by atoms with Gasteiger partial charge in [-0.15, -0.1) is 0 Å². The Morgan fingerprint density at radius 2 is 2.06 bits per heavy atom. The Labute approximate surface area is 108 Å². The van der Waals surface area contributed by atoms with Crippen LogP contribution in [-0.4, -0.2) is 43.5 Å². The van der Waals surface area contributed by atoms with Gasteiger partial charge < -0.3 is 10.6 Å². The van der Waals surface area contributed by atoms with Crippen molar-refractivity contribution in [2.45, 2.75) is 13.8 Å². The maximum Gasteiger partial charge on any atom is 0.238 e. The smallest absolute Gasteiger partial charge is 0.238 e. The lowest BCUT2D eigenvalue weighted by Gasteiger charge is -2.26. The molecule has 0 aromatic heterocycles. The lowest BCUT2D eigenvalue weighted by atomic mass is 10.1. The van der Waals surface area contributed by atoms with Gasteiger partial charge in [0.15, 0.2) is 0 Å². The van der Waals surface area contributed by atoms with Crippen molar-refractivity contribution in [3.63, 3.8) is 0 Å². The first kappa shape index (κ1) is 13.1. The summed E-state index contributed by atoms with van der Waals surface area (Å²) in [5, 5.41) is 6.28. The molecule has 0 atom stereocenters. The molecule has 1 amide bonds. The van der Waals surface area contributed by atoms with Crippen LogP contribution >= 0.6 is 0 Å². The van der Waals surface area contributed by atoms with E-state index in [1.54, 1.807) is 0 Å². The van der Waals surface area contributed by atoms with Gasteiger partial charge in [0.1, 0.15) is 0 Å². The molecule has 4 heteroatoms. The standard InChI is InChI=1S/C14H21N3O/c1-11-4-3-5-13(12(11)2)16-14(18)10-17-8-6-15-7-9-17/h3-5,15H,6-10H2,1-2H3,(H,16,18). The Balaban J connectivity index is 1.92. The molecule has 1 aromatic carbocycles. The second-order valence-electron chi connectivity index (χ2n) is 4.82. The second kappa shape index (κ2) is 5.98. The van der Waals surface area contributed by atoms with Gasteiger partial charge in [0, 0.05) is 31.9 Å². The zero-order chi connectivity index (χ0) is 13.0. The summed E-state index contributed by atoms with van der Waals surface area (Å²) in [6.45, 7) is 8.40. The van der Waals surface area contributed by atoms with E-state index in [0.717, 1.165) is 37.4 Å². The fraction of sp³-hybridized carbons (Fsp3) is 0.500. The molecule has 1 aromatic rings. The Hall–Kier alpha value is -1.39. The molecule has 2 N–H and O–H groups in total. The highest BCUT2D eigenvalue weighted by atomic mass is 16.2. The number of amides is 1. The highest BCUT2D eigenvalue weighted by Crippen LogP contribution is 2.17. The van der Waals surface area contributed by atoms with Crippen LogP contribution in [0.4, 0.5) is 5.69 Å². The molecule has 1 heterocycles. The van der Waals surface area contributed by atoms with E-state index in [1.807, 2.05) is 19.1 Å². The van der Waals surface area contributed by atoms with Crippen LogP contribution in [0.5, 0.6) is 0 Å². The Morgan fingerprint density at radius 3 is 2.78 bits per heavy atom. The Bertz CT molecular complexity index is 425. The van der Waals surface area contributed by atoms with Crippen molar-refractivity contribution >= 4 is 11.6 Å². The minimum atomic E-state index is 0.0746. The van der Waals surface area contributed by atoms with Crippen LogP contribution in [0.1, 0.15) is 11.1 Å². The molecule has 0 unspecified atom stereocenters. The van der Waals surface area contributed by atoms with E-state index in [1.165, 1.54) is 5.56 Å². The second-order valence-corrected chi connectivity index (χ2v) is 4.82. The van der Waals surface area contributed by atoms with Gasteiger partial charge in [-0.1, -0.05) is 12.1 Å². The normalized spacial score (nSPS) is 16.6. The molecule has 0 spiro atoms. The number of carbonyl (C=O) groups is 1. The topological polar surface area (TPSA) is 44.4 Å². The van der Waals surface area contributed by atoms with Gasteiger partial charge in [0.2, 0.25) is 5.91 Å². The fourth-order valence-corrected chi connectivity index (χ4v) is 2.15. The number of piperazine rings is 1. The number of nitrogens with zero attached hydrogens (tertiary/aromatic N) is 1. The van der Waals surface area contributed by atoms with E-state index in [9.17, 15) is 4.79 Å². The molecule has 0 saturated carbocycles. The predicted octanol–water partition coefficient (Wildman–Crippen LogP) is 1.15. The predicted molar refractivity (Wildman–Crippen MR) is 73.9 cm³/mol. The maximum atomic E-state index is 12.0. The van der Waals surface area contributed by atoms with Gasteiger partial charge in [-0.25, -0.2) is 0 Å². The molecule has 2 rings (SSSR count). The van der Waals surface area contributed by atoms with Gasteiger partial charge in [0.25, 0.3) is 0 Å². The van der Waals surface area contributed by atoms with Gasteiger partial charge in [-0.2, -0.15) is 0 Å². The molecule has 1 aliphatic heterocycles. The van der Waals surface area contributed by atoms with Crippen molar-refractivity contribution in [3.05, 3.63) is 29.3 Å². The third kappa shape index (κ3) is 3.31. The lowest BCUT2D eigenvalue weighted by molar-refractivity contribution is -0.117. The quantitative estimate of drug-likeness (QED) is 0.842. The summed E-state index contributed by atoms with van der Waals surface area (Å²) in [5.41, 5.74) is 3.27. The molecule has 0 radical (unpaired) electrons. The molecule has 1 fully saturated rings. The van der Waals surface area contributed by atoms with E-state index < -0.39 is 0 Å². The van der Waals surface area contributed by atoms with E-state index >= 15 is 0 Å². The van der Waals surface area contributed by atoms with Crippen LogP contribution in [0.2, 0.25) is 0 Å². The van der Waals surface area contributed by atoms with E-state index in [4.69, 9.17) is 0 Å². The van der Waals surface area contributed by atoms with Crippen molar-refractivity contribution in [1.82, 2.24) is 10.2 Å². The Kier molecular flexibility index (Phi) is 4.33. The third-order valence-electron chi connectivity index (χ3n) is 3.46. The van der Waals surface area contributed by atoms with Crippen LogP contribution < -0.4 is 10.6 Å². The minimum Gasteiger partial charge on any atom is -0.325 e. The van der Waals surface area contributed by atoms with Crippen molar-refractivity contribution in [2.24, 2.45) is 0 Å². The SMILES string of the molecule is Cc1cccc(NC(=O)CN2CCNCC2)c1C. The zero-order valence-electron chi connectivity index (χ0n) is 11.1. The van der Waals surface area contributed by atoms with Gasteiger partial charge in [-0.05, 0) is 31.0 Å². The molecule has 4 nitrogen and oxygen atoms in total. The van der Waals surface area contributed by atoms with Crippen LogP contribution in [-0.2, 0) is 4.79 Å². The van der Waals surface area contributed by atoms with Crippen LogP contribution in [0.25, 0.3) is 0 Å². The zero-order valence-corrected chi connectivity index (χ0v) is 11.1. The highest BCUT2D eigenvalue weighted by Gasteiger charge is 2.14. The maximum absolute atomic E-state index is 12.0. The minimum absolute atomic E-state index is 0.0746. The van der Waals surface area contributed by atoms with Crippen molar-refractivity contribution in [3.8, 4) is 0 Å². The van der Waals surface area contributed by atoms with Crippen LogP contribution in [0.3, 0.4) is 0 Å². The van der Waals surface area contributed by atoms with Crippen molar-refractivity contribution < 1.29 is 4.79 Å². The molecular weight excluding hydrogens is 226 g/mol. The summed E-state index contributed by atoms with van der Waals surface area (Å²) in [7, 11) is 0. The summed E-state index contributed by atoms with van der Waals surface area (Å²) in [6, 6.07) is 5.99. The number of benzene rings is 1. The highest BCUT2D eigenvalue weighted by molar-refractivity contribution is 5.93. The first-order chi connectivity index (χ1) is 8.66. The fourth-order valence-electron chi connectivity index (χ4n) is 2.15. The molecule has 18 heavy (non-hydrogen) atoms. The lowest BCUT2D eigenvalue weighted by Crippen LogP contribution is -2.46. The number of aryl methyl sites for hydroxylation is 1. The Morgan fingerprint density at radius 1 is 1.33 bits per heavy atom. The first-order valence-corrected chi connectivity index (χ1v) is 6.46. The van der Waals surface area contributed by atoms with Gasteiger partial charge >= 0.3 is 0 Å². The number of rotatable bonds is 3. The third-order valence-corrected chi connectivity index (χ3v) is 3.46. The van der Waals surface area contributed by atoms with Crippen LogP contribution in [0.15, 0.2) is 18.2 Å². The largest absolute Gasteiger partial charge is 0.325 e. The molecule has 0 bridgehead atoms. The number of carbonyl (C=O) groups excluding carboxylic acids is 1.